The molecule has 6 heteroatoms. The molecule has 3 aromatic carbocycles. The van der Waals surface area contributed by atoms with Gasteiger partial charge in [-0.15, -0.1) is 0 Å². The minimum absolute atomic E-state index is 0.00820. The van der Waals surface area contributed by atoms with Gasteiger partial charge in [0.2, 0.25) is 0 Å². The average Bonchev–Trinajstić information content (AvgIpc) is 3.20. The van der Waals surface area contributed by atoms with E-state index in [0.717, 1.165) is 22.0 Å². The molecule has 0 bridgehead atoms. The molecule has 0 atom stereocenters. The van der Waals surface area contributed by atoms with Gasteiger partial charge in [-0.05, 0) is 48.0 Å². The zero-order valence-corrected chi connectivity index (χ0v) is 17.9. The van der Waals surface area contributed by atoms with Crippen molar-refractivity contribution in [1.82, 2.24) is 4.57 Å². The predicted molar refractivity (Wildman–Crippen MR) is 127 cm³/mol. The summed E-state index contributed by atoms with van der Waals surface area (Å²) >= 11 is 0. The Hall–Kier alpha value is -4.81. The molecule has 33 heavy (non-hydrogen) atoms. The Morgan fingerprint density at radius 3 is 2.48 bits per heavy atom. The molecular weight excluding hydrogens is 412 g/mol. The molecule has 0 aliphatic rings. The number of anilines is 1. The van der Waals surface area contributed by atoms with E-state index in [4.69, 9.17) is 4.74 Å². The first-order chi connectivity index (χ1) is 16.1. The summed E-state index contributed by atoms with van der Waals surface area (Å²) in [5, 5.41) is 22.7. The second kappa shape index (κ2) is 9.55. The average molecular weight is 432 g/mol. The van der Waals surface area contributed by atoms with Crippen LogP contribution in [-0.4, -0.2) is 17.6 Å². The van der Waals surface area contributed by atoms with E-state index in [9.17, 15) is 15.3 Å². The number of methoxy groups -OCH3 is 1. The monoisotopic (exact) mass is 432 g/mol. The molecule has 1 N–H and O–H groups in total. The predicted octanol–water partition coefficient (Wildman–Crippen LogP) is 5.12. The van der Waals surface area contributed by atoms with Crippen LogP contribution in [0.25, 0.3) is 17.0 Å². The van der Waals surface area contributed by atoms with Gasteiger partial charge < -0.3 is 14.6 Å². The van der Waals surface area contributed by atoms with Gasteiger partial charge in [0.15, 0.2) is 0 Å². The van der Waals surface area contributed by atoms with E-state index in [0.29, 0.717) is 23.5 Å². The summed E-state index contributed by atoms with van der Waals surface area (Å²) in [5.74, 6) is 0.184. The molecule has 0 unspecified atom stereocenters. The molecule has 4 aromatic rings. The number of nitrogens with one attached hydrogen (secondary N) is 1. The number of carbonyl (C=O) groups excluding carboxylic acids is 1. The molecule has 0 aliphatic heterocycles. The maximum atomic E-state index is 12.7. The van der Waals surface area contributed by atoms with Crippen molar-refractivity contribution >= 4 is 28.6 Å². The highest BCUT2D eigenvalue weighted by molar-refractivity contribution is 6.10. The van der Waals surface area contributed by atoms with Gasteiger partial charge in [0.25, 0.3) is 5.91 Å². The number of carbonyl (C=O) groups is 1. The highest BCUT2D eigenvalue weighted by Crippen LogP contribution is 2.25. The van der Waals surface area contributed by atoms with Gasteiger partial charge in [-0.3, -0.25) is 4.79 Å². The lowest BCUT2D eigenvalue weighted by Crippen LogP contribution is -2.13. The van der Waals surface area contributed by atoms with E-state index in [-0.39, 0.29) is 5.57 Å². The molecule has 0 radical (unpaired) electrons. The maximum absolute atomic E-state index is 12.7. The van der Waals surface area contributed by atoms with Gasteiger partial charge in [0, 0.05) is 34.9 Å². The van der Waals surface area contributed by atoms with Gasteiger partial charge in [0.05, 0.1) is 18.7 Å². The maximum Gasteiger partial charge on any atom is 0.266 e. The number of nitriles is 2. The topological polar surface area (TPSA) is 90.8 Å². The third kappa shape index (κ3) is 4.61. The van der Waals surface area contributed by atoms with Crippen molar-refractivity contribution in [3.63, 3.8) is 0 Å². The molecule has 1 heterocycles. The largest absolute Gasteiger partial charge is 0.497 e. The van der Waals surface area contributed by atoms with Crippen molar-refractivity contribution in [3.05, 3.63) is 101 Å². The highest BCUT2D eigenvalue weighted by Gasteiger charge is 2.14. The molecule has 1 amide bonds. The van der Waals surface area contributed by atoms with Crippen LogP contribution in [-0.2, 0) is 11.3 Å². The molecule has 0 saturated heterocycles. The van der Waals surface area contributed by atoms with E-state index in [1.807, 2.05) is 59.3 Å². The summed E-state index contributed by atoms with van der Waals surface area (Å²) in [6.45, 7) is 0.498. The van der Waals surface area contributed by atoms with Gasteiger partial charge in [-0.1, -0.05) is 36.4 Å². The number of amides is 1. The zero-order valence-electron chi connectivity index (χ0n) is 17.9. The molecule has 6 nitrogen and oxygen atoms in total. The third-order valence-corrected chi connectivity index (χ3v) is 5.31. The van der Waals surface area contributed by atoms with Gasteiger partial charge >= 0.3 is 0 Å². The van der Waals surface area contributed by atoms with E-state index in [1.54, 1.807) is 43.5 Å². The Bertz CT molecular complexity index is 1430. The quantitative estimate of drug-likeness (QED) is 0.338. The van der Waals surface area contributed by atoms with Gasteiger partial charge in [-0.25, -0.2) is 0 Å². The van der Waals surface area contributed by atoms with Gasteiger partial charge in [-0.2, -0.15) is 10.5 Å². The second-order valence-electron chi connectivity index (χ2n) is 7.35. The second-order valence-corrected chi connectivity index (χ2v) is 7.35. The van der Waals surface area contributed by atoms with E-state index < -0.39 is 5.91 Å². The Morgan fingerprint density at radius 2 is 1.76 bits per heavy atom. The van der Waals surface area contributed by atoms with Crippen LogP contribution in [0, 0.1) is 22.7 Å². The smallest absolute Gasteiger partial charge is 0.266 e. The van der Waals surface area contributed by atoms with E-state index in [1.165, 1.54) is 0 Å². The van der Waals surface area contributed by atoms with Crippen molar-refractivity contribution in [3.8, 4) is 17.9 Å². The summed E-state index contributed by atoms with van der Waals surface area (Å²) < 4.78 is 7.15. The number of nitrogens with zero attached hydrogens (tertiary/aromatic N) is 3. The van der Waals surface area contributed by atoms with E-state index >= 15 is 0 Å². The molecule has 0 aliphatic carbocycles. The number of rotatable bonds is 6. The fourth-order valence-corrected chi connectivity index (χ4v) is 3.65. The lowest BCUT2D eigenvalue weighted by atomic mass is 10.1. The van der Waals surface area contributed by atoms with Crippen LogP contribution in [0.5, 0.6) is 5.75 Å². The zero-order chi connectivity index (χ0) is 23.2. The van der Waals surface area contributed by atoms with Crippen LogP contribution in [0.1, 0.15) is 16.7 Å². The SMILES string of the molecule is COc1ccc(NC(=O)/C(C#N)=C\c2cn(Cc3ccccc3C#N)c3ccccc23)cc1. The summed E-state index contributed by atoms with van der Waals surface area (Å²) in [4.78, 5) is 12.7. The number of ether oxygens (including phenoxy) is 1. The number of aromatic nitrogens is 1. The first-order valence-corrected chi connectivity index (χ1v) is 10.3. The fourth-order valence-electron chi connectivity index (χ4n) is 3.65. The minimum Gasteiger partial charge on any atom is -0.497 e. The highest BCUT2D eigenvalue weighted by atomic mass is 16.5. The van der Waals surface area contributed by atoms with Crippen LogP contribution in [0.4, 0.5) is 5.69 Å². The Labute approximate surface area is 191 Å². The van der Waals surface area contributed by atoms with Gasteiger partial charge in [0.1, 0.15) is 17.4 Å². The van der Waals surface area contributed by atoms with Crippen molar-refractivity contribution < 1.29 is 9.53 Å². The standard InChI is InChI=1S/C27H20N4O2/c1-33-24-12-10-23(11-13-24)30-27(32)21(16-29)14-22-18-31(26-9-5-4-8-25(22)26)17-20-7-3-2-6-19(20)15-28/h2-14,18H,17H2,1H3,(H,30,32)/b21-14-. The number of hydrogen-bond donors (Lipinski definition) is 1. The number of benzene rings is 3. The molecule has 0 fully saturated rings. The lowest BCUT2D eigenvalue weighted by Gasteiger charge is -2.07. The lowest BCUT2D eigenvalue weighted by molar-refractivity contribution is -0.112. The molecule has 0 spiro atoms. The Balaban J connectivity index is 1.67. The van der Waals surface area contributed by atoms with E-state index in [2.05, 4.69) is 11.4 Å². The Morgan fingerprint density at radius 1 is 1.03 bits per heavy atom. The summed E-state index contributed by atoms with van der Waals surface area (Å²) in [5.41, 5.74) is 3.77. The summed E-state index contributed by atoms with van der Waals surface area (Å²) in [6, 6.07) is 26.4. The number of hydrogen-bond acceptors (Lipinski definition) is 4. The molecular formula is C27H20N4O2. The van der Waals surface area contributed by atoms with Crippen LogP contribution in [0.15, 0.2) is 84.6 Å². The molecule has 0 saturated carbocycles. The van der Waals surface area contributed by atoms with Crippen LogP contribution in [0.2, 0.25) is 0 Å². The van der Waals surface area contributed by atoms with Crippen molar-refractivity contribution in [2.75, 3.05) is 12.4 Å². The van der Waals surface area contributed by atoms with Crippen molar-refractivity contribution in [2.24, 2.45) is 0 Å². The normalized spacial score (nSPS) is 10.9. The third-order valence-electron chi connectivity index (χ3n) is 5.31. The minimum atomic E-state index is -0.491. The summed E-state index contributed by atoms with van der Waals surface area (Å²) in [6.07, 6.45) is 3.49. The Kier molecular flexibility index (Phi) is 6.20. The van der Waals surface area contributed by atoms with Crippen LogP contribution < -0.4 is 10.1 Å². The fraction of sp³-hybridized carbons (Fsp3) is 0.0741. The molecule has 160 valence electrons. The van der Waals surface area contributed by atoms with Crippen LogP contribution >= 0.6 is 0 Å². The first kappa shape index (κ1) is 21.4. The van der Waals surface area contributed by atoms with Crippen molar-refractivity contribution in [1.29, 1.82) is 10.5 Å². The molecule has 4 rings (SSSR count). The van der Waals surface area contributed by atoms with Crippen molar-refractivity contribution in [2.45, 2.75) is 6.54 Å². The first-order valence-electron chi connectivity index (χ1n) is 10.3. The summed E-state index contributed by atoms with van der Waals surface area (Å²) in [7, 11) is 1.57. The molecule has 1 aromatic heterocycles. The van der Waals surface area contributed by atoms with Crippen LogP contribution in [0.3, 0.4) is 0 Å². The number of fused-ring (bicyclic) bond motifs is 1. The number of para-hydroxylation sites is 1.